The lowest BCUT2D eigenvalue weighted by molar-refractivity contribution is -0.121. The van der Waals surface area contributed by atoms with Crippen molar-refractivity contribution in [2.75, 3.05) is 39.4 Å². The molecule has 1 amide bonds. The van der Waals surface area contributed by atoms with Gasteiger partial charge in [0.15, 0.2) is 0 Å². The van der Waals surface area contributed by atoms with Crippen molar-refractivity contribution in [1.29, 1.82) is 0 Å². The van der Waals surface area contributed by atoms with Gasteiger partial charge in [0.05, 0.1) is 6.54 Å². The number of carbonyl (C=O) groups is 1. The van der Waals surface area contributed by atoms with Crippen molar-refractivity contribution in [3.8, 4) is 17.6 Å². The number of nitrogens with zero attached hydrogens (tertiary/aromatic N) is 1. The Bertz CT molecular complexity index is 534. The predicted octanol–water partition coefficient (Wildman–Crippen LogP) is 0.231. The van der Waals surface area contributed by atoms with Crippen LogP contribution in [0.2, 0.25) is 0 Å². The highest BCUT2D eigenvalue weighted by atomic mass is 16.5. The van der Waals surface area contributed by atoms with E-state index in [1.165, 1.54) is 0 Å². The zero-order valence-electron chi connectivity index (χ0n) is 12.0. The first-order chi connectivity index (χ1) is 10.3. The number of benzene rings is 1. The molecule has 0 atom stereocenters. The average molecular weight is 288 g/mol. The number of hydrogen-bond acceptors (Lipinski definition) is 4. The third-order valence-corrected chi connectivity index (χ3v) is 3.16. The summed E-state index contributed by atoms with van der Waals surface area (Å²) < 4.78 is 5.70. The molecule has 1 aliphatic heterocycles. The maximum absolute atomic E-state index is 11.4. The van der Waals surface area contributed by atoms with Gasteiger partial charge in [-0.15, -0.1) is 0 Å². The molecule has 5 nitrogen and oxygen atoms in total. The van der Waals surface area contributed by atoms with Gasteiger partial charge >= 0.3 is 0 Å². The van der Waals surface area contributed by atoms with Crippen LogP contribution in [0, 0.1) is 11.8 Å². The van der Waals surface area contributed by atoms with E-state index in [1.54, 1.807) is 0 Å². The molecule has 1 saturated heterocycles. The first kappa shape index (κ1) is 15.4. The molecule has 1 heterocycles. The Morgan fingerprint density at radius 1 is 1.43 bits per heavy atom. The maximum Gasteiger partial charge on any atom is 0.234 e. The van der Waals surface area contributed by atoms with Gasteiger partial charge in [0.25, 0.3) is 0 Å². The van der Waals surface area contributed by atoms with Crippen molar-refractivity contribution >= 4 is 5.91 Å². The molecule has 0 unspecified atom stereocenters. The van der Waals surface area contributed by atoms with Crippen molar-refractivity contribution in [2.45, 2.75) is 6.42 Å². The van der Waals surface area contributed by atoms with Crippen LogP contribution in [-0.2, 0) is 4.79 Å². The van der Waals surface area contributed by atoms with Crippen LogP contribution in [0.25, 0.3) is 0 Å². The first-order valence-corrected chi connectivity index (χ1v) is 7.09. The number of ether oxygens (including phenoxy) is 1. The van der Waals surface area contributed by atoms with Crippen molar-refractivity contribution < 1.29 is 14.6 Å². The molecule has 21 heavy (non-hydrogen) atoms. The van der Waals surface area contributed by atoms with E-state index in [4.69, 9.17) is 9.84 Å². The van der Waals surface area contributed by atoms with Gasteiger partial charge in [-0.25, -0.2) is 0 Å². The van der Waals surface area contributed by atoms with E-state index in [9.17, 15) is 4.79 Å². The monoisotopic (exact) mass is 288 g/mol. The Labute approximate surface area is 124 Å². The van der Waals surface area contributed by atoms with Crippen LogP contribution in [0.4, 0.5) is 0 Å². The summed E-state index contributed by atoms with van der Waals surface area (Å²) in [6.45, 7) is 3.20. The number of amides is 1. The topological polar surface area (TPSA) is 61.8 Å². The molecule has 0 saturated carbocycles. The summed E-state index contributed by atoms with van der Waals surface area (Å²) in [7, 11) is 0. The SMILES string of the molecule is O=C1CN(CCOc2cccc(C#CCO)c2)CCCN1. The second-order valence-electron chi connectivity index (χ2n) is 4.82. The molecule has 2 rings (SSSR count). The summed E-state index contributed by atoms with van der Waals surface area (Å²) in [5.41, 5.74) is 0.815. The van der Waals surface area contributed by atoms with Gasteiger partial charge in [-0.1, -0.05) is 17.9 Å². The summed E-state index contributed by atoms with van der Waals surface area (Å²) >= 11 is 0. The summed E-state index contributed by atoms with van der Waals surface area (Å²) in [6.07, 6.45) is 0.970. The summed E-state index contributed by atoms with van der Waals surface area (Å²) in [4.78, 5) is 13.5. The Kier molecular flexibility index (Phi) is 6.07. The molecule has 0 radical (unpaired) electrons. The highest BCUT2D eigenvalue weighted by Crippen LogP contribution is 2.12. The molecule has 1 aromatic carbocycles. The predicted molar refractivity (Wildman–Crippen MR) is 80.0 cm³/mol. The largest absolute Gasteiger partial charge is 0.492 e. The van der Waals surface area contributed by atoms with Crippen molar-refractivity contribution in [1.82, 2.24) is 10.2 Å². The molecule has 2 N–H and O–H groups in total. The minimum Gasteiger partial charge on any atom is -0.492 e. The number of aliphatic hydroxyl groups excluding tert-OH is 1. The molecule has 1 fully saturated rings. The maximum atomic E-state index is 11.4. The van der Waals surface area contributed by atoms with Gasteiger partial charge in [0, 0.05) is 25.2 Å². The van der Waals surface area contributed by atoms with E-state index < -0.39 is 0 Å². The summed E-state index contributed by atoms with van der Waals surface area (Å²) in [5.74, 6) is 6.28. The fraction of sp³-hybridized carbons (Fsp3) is 0.438. The summed E-state index contributed by atoms with van der Waals surface area (Å²) in [5, 5.41) is 11.5. The van der Waals surface area contributed by atoms with Gasteiger partial charge in [-0.2, -0.15) is 0 Å². The number of carbonyl (C=O) groups excluding carboxylic acids is 1. The molecule has 0 spiro atoms. The third-order valence-electron chi connectivity index (χ3n) is 3.16. The van der Waals surface area contributed by atoms with Crippen molar-refractivity contribution in [3.63, 3.8) is 0 Å². The van der Waals surface area contributed by atoms with Crippen LogP contribution in [0.15, 0.2) is 24.3 Å². The van der Waals surface area contributed by atoms with E-state index in [0.717, 1.165) is 37.4 Å². The van der Waals surface area contributed by atoms with Crippen molar-refractivity contribution in [2.24, 2.45) is 0 Å². The summed E-state index contributed by atoms with van der Waals surface area (Å²) in [6, 6.07) is 7.46. The lowest BCUT2D eigenvalue weighted by Gasteiger charge is -2.18. The Hall–Kier alpha value is -2.03. The van der Waals surface area contributed by atoms with Gasteiger partial charge in [-0.3, -0.25) is 9.69 Å². The Balaban J connectivity index is 1.81. The van der Waals surface area contributed by atoms with Crippen LogP contribution in [0.5, 0.6) is 5.75 Å². The molecule has 0 aromatic heterocycles. The Morgan fingerprint density at radius 2 is 2.33 bits per heavy atom. The van der Waals surface area contributed by atoms with E-state index in [-0.39, 0.29) is 12.5 Å². The number of nitrogens with one attached hydrogen (secondary N) is 1. The van der Waals surface area contributed by atoms with E-state index in [2.05, 4.69) is 22.1 Å². The molecule has 0 aliphatic carbocycles. The second kappa shape index (κ2) is 8.30. The average Bonchev–Trinajstić information content (AvgIpc) is 2.70. The van der Waals surface area contributed by atoms with Crippen LogP contribution < -0.4 is 10.1 Å². The Morgan fingerprint density at radius 3 is 3.19 bits per heavy atom. The normalized spacial score (nSPS) is 15.6. The quantitative estimate of drug-likeness (QED) is 0.779. The van der Waals surface area contributed by atoms with Gasteiger partial charge in [0.2, 0.25) is 5.91 Å². The highest BCUT2D eigenvalue weighted by Gasteiger charge is 2.13. The zero-order chi connectivity index (χ0) is 14.9. The lowest BCUT2D eigenvalue weighted by atomic mass is 10.2. The van der Waals surface area contributed by atoms with E-state index in [1.807, 2.05) is 24.3 Å². The smallest absolute Gasteiger partial charge is 0.234 e. The van der Waals surface area contributed by atoms with Crippen LogP contribution >= 0.6 is 0 Å². The number of aliphatic hydroxyl groups is 1. The standard InChI is InChI=1S/C16H20N2O3/c19-10-2-5-14-4-1-6-15(12-14)21-11-9-18-8-3-7-17-16(20)13-18/h1,4,6,12,19H,3,7-11,13H2,(H,17,20). The fourth-order valence-corrected chi connectivity index (χ4v) is 2.16. The molecular formula is C16H20N2O3. The van der Waals surface area contributed by atoms with E-state index in [0.29, 0.717) is 13.2 Å². The van der Waals surface area contributed by atoms with Gasteiger partial charge in [0.1, 0.15) is 19.0 Å². The molecule has 0 bridgehead atoms. The molecule has 112 valence electrons. The second-order valence-corrected chi connectivity index (χ2v) is 4.82. The molecule has 1 aromatic rings. The lowest BCUT2D eigenvalue weighted by Crippen LogP contribution is -2.35. The number of hydrogen-bond donors (Lipinski definition) is 2. The highest BCUT2D eigenvalue weighted by molar-refractivity contribution is 5.78. The van der Waals surface area contributed by atoms with E-state index >= 15 is 0 Å². The molecule has 1 aliphatic rings. The first-order valence-electron chi connectivity index (χ1n) is 7.09. The van der Waals surface area contributed by atoms with Crippen LogP contribution in [0.3, 0.4) is 0 Å². The minimum absolute atomic E-state index is 0.0776. The minimum atomic E-state index is -0.151. The zero-order valence-corrected chi connectivity index (χ0v) is 12.0. The number of rotatable bonds is 4. The van der Waals surface area contributed by atoms with Gasteiger partial charge in [-0.05, 0) is 24.6 Å². The molecular weight excluding hydrogens is 268 g/mol. The van der Waals surface area contributed by atoms with Gasteiger partial charge < -0.3 is 15.2 Å². The molecule has 5 heteroatoms. The van der Waals surface area contributed by atoms with Crippen LogP contribution in [0.1, 0.15) is 12.0 Å². The van der Waals surface area contributed by atoms with Crippen LogP contribution in [-0.4, -0.2) is 55.3 Å². The fourth-order valence-electron chi connectivity index (χ4n) is 2.16. The van der Waals surface area contributed by atoms with Crippen molar-refractivity contribution in [3.05, 3.63) is 29.8 Å². The third kappa shape index (κ3) is 5.46.